The van der Waals surface area contributed by atoms with E-state index in [-0.39, 0.29) is 19.0 Å². The highest BCUT2D eigenvalue weighted by molar-refractivity contribution is 7.89. The molecule has 0 atom stereocenters. The summed E-state index contributed by atoms with van der Waals surface area (Å²) < 4.78 is 31.1. The van der Waals surface area contributed by atoms with E-state index in [1.54, 1.807) is 9.21 Å². The molecule has 0 aliphatic carbocycles. The number of sulfonamides is 1. The minimum Gasteiger partial charge on any atom is -0.302 e. The zero-order chi connectivity index (χ0) is 27.9. The van der Waals surface area contributed by atoms with Crippen LogP contribution in [0, 0.1) is 27.7 Å². The maximum atomic E-state index is 13.9. The van der Waals surface area contributed by atoms with Gasteiger partial charge < -0.3 is 4.90 Å². The number of amides is 1. The van der Waals surface area contributed by atoms with E-state index in [4.69, 9.17) is 5.10 Å². The van der Waals surface area contributed by atoms with Crippen molar-refractivity contribution >= 4 is 21.6 Å². The normalized spacial score (nSPS) is 13.8. The van der Waals surface area contributed by atoms with Gasteiger partial charge in [-0.2, -0.15) is 9.40 Å². The zero-order valence-corrected chi connectivity index (χ0v) is 23.9. The molecule has 1 amide bonds. The van der Waals surface area contributed by atoms with Crippen molar-refractivity contribution in [1.82, 2.24) is 14.1 Å². The van der Waals surface area contributed by atoms with Gasteiger partial charge in [-0.1, -0.05) is 53.6 Å². The lowest BCUT2D eigenvalue weighted by Gasteiger charge is -2.29. The van der Waals surface area contributed by atoms with E-state index in [0.717, 1.165) is 39.2 Å². The van der Waals surface area contributed by atoms with Crippen molar-refractivity contribution in [2.24, 2.45) is 7.05 Å². The molecule has 0 spiro atoms. The van der Waals surface area contributed by atoms with Gasteiger partial charge in [-0.3, -0.25) is 9.48 Å². The third-order valence-electron chi connectivity index (χ3n) is 7.41. The number of fused-ring (bicyclic) bond motifs is 1. The Kier molecular flexibility index (Phi) is 7.18. The van der Waals surface area contributed by atoms with Crippen molar-refractivity contribution in [3.63, 3.8) is 0 Å². The Balaban J connectivity index is 1.51. The molecule has 4 aromatic rings. The van der Waals surface area contributed by atoms with E-state index in [1.165, 1.54) is 0 Å². The SMILES string of the molecule is Cc1ccc(C(=O)N(Cc2nn(C)c3c2CN(S(=O)(=O)c2c(C)cc(C)cc2C)CC3)c2ccccc2)cc1. The molecule has 39 heavy (non-hydrogen) atoms. The predicted octanol–water partition coefficient (Wildman–Crippen LogP) is 5.25. The Hall–Kier alpha value is -3.75. The monoisotopic (exact) mass is 542 g/mol. The van der Waals surface area contributed by atoms with Gasteiger partial charge in [-0.15, -0.1) is 0 Å². The van der Waals surface area contributed by atoms with Gasteiger partial charge in [-0.05, 0) is 63.1 Å². The largest absolute Gasteiger partial charge is 0.302 e. The number of para-hydroxylation sites is 1. The van der Waals surface area contributed by atoms with Crippen molar-refractivity contribution in [1.29, 1.82) is 0 Å². The fourth-order valence-electron chi connectivity index (χ4n) is 5.57. The number of hydrogen-bond acceptors (Lipinski definition) is 4. The fraction of sp³-hybridized carbons (Fsp3) is 0.290. The Morgan fingerprint density at radius 2 is 1.56 bits per heavy atom. The average Bonchev–Trinajstić information content (AvgIpc) is 3.21. The van der Waals surface area contributed by atoms with E-state index >= 15 is 0 Å². The smallest absolute Gasteiger partial charge is 0.258 e. The molecule has 0 saturated carbocycles. The van der Waals surface area contributed by atoms with Crippen LogP contribution in [0.2, 0.25) is 0 Å². The van der Waals surface area contributed by atoms with Crippen molar-refractivity contribution in [3.05, 3.63) is 111 Å². The number of aromatic nitrogens is 2. The molecule has 1 aromatic heterocycles. The lowest BCUT2D eigenvalue weighted by Crippen LogP contribution is -2.37. The maximum Gasteiger partial charge on any atom is 0.258 e. The van der Waals surface area contributed by atoms with Gasteiger partial charge in [0.2, 0.25) is 10.0 Å². The molecule has 0 fully saturated rings. The first-order chi connectivity index (χ1) is 18.6. The summed E-state index contributed by atoms with van der Waals surface area (Å²) in [5.74, 6) is -0.133. The van der Waals surface area contributed by atoms with Crippen LogP contribution in [0.25, 0.3) is 0 Å². The zero-order valence-electron chi connectivity index (χ0n) is 23.1. The molecule has 8 heteroatoms. The molecule has 7 nitrogen and oxygen atoms in total. The lowest BCUT2D eigenvalue weighted by atomic mass is 10.1. The predicted molar refractivity (Wildman–Crippen MR) is 153 cm³/mol. The number of hydrogen-bond donors (Lipinski definition) is 0. The number of anilines is 1. The highest BCUT2D eigenvalue weighted by atomic mass is 32.2. The minimum absolute atomic E-state index is 0.133. The molecule has 5 rings (SSSR count). The first-order valence-corrected chi connectivity index (χ1v) is 14.6. The molecule has 1 aliphatic rings. The van der Waals surface area contributed by atoms with Crippen LogP contribution in [0.3, 0.4) is 0 Å². The summed E-state index contributed by atoms with van der Waals surface area (Å²) in [6.45, 7) is 8.50. The number of nitrogens with zero attached hydrogens (tertiary/aromatic N) is 4. The standard InChI is InChI=1S/C31H34N4O3S/c1-21-11-13-25(14-12-21)31(36)35(26-9-7-6-8-10-26)20-28-27-19-34(16-15-29(27)33(5)32-28)39(37,38)30-23(3)17-22(2)18-24(30)4/h6-14,17-18H,15-16,19-20H2,1-5H3. The summed E-state index contributed by atoms with van der Waals surface area (Å²) in [5.41, 5.74) is 7.55. The quantitative estimate of drug-likeness (QED) is 0.334. The summed E-state index contributed by atoms with van der Waals surface area (Å²) in [6.07, 6.45) is 0.555. The van der Waals surface area contributed by atoms with Crippen LogP contribution >= 0.6 is 0 Å². The van der Waals surface area contributed by atoms with Crippen LogP contribution in [0.4, 0.5) is 5.69 Å². The molecule has 0 N–H and O–H groups in total. The summed E-state index contributed by atoms with van der Waals surface area (Å²) in [7, 11) is -1.83. The molecule has 202 valence electrons. The van der Waals surface area contributed by atoms with Crippen LogP contribution in [-0.4, -0.2) is 35.0 Å². The molecule has 3 aromatic carbocycles. The van der Waals surface area contributed by atoms with Crippen LogP contribution in [0.5, 0.6) is 0 Å². The molecule has 2 heterocycles. The lowest BCUT2D eigenvalue weighted by molar-refractivity contribution is 0.0984. The van der Waals surface area contributed by atoms with Gasteiger partial charge in [-0.25, -0.2) is 8.42 Å². The third-order valence-corrected chi connectivity index (χ3v) is 9.56. The summed E-state index contributed by atoms with van der Waals surface area (Å²) in [5, 5.41) is 4.78. The molecule has 1 aliphatic heterocycles. The van der Waals surface area contributed by atoms with Gasteiger partial charge in [0, 0.05) is 49.1 Å². The van der Waals surface area contributed by atoms with E-state index in [1.807, 2.05) is 106 Å². The topological polar surface area (TPSA) is 75.5 Å². The first-order valence-electron chi connectivity index (χ1n) is 13.1. The van der Waals surface area contributed by atoms with Crippen molar-refractivity contribution in [2.45, 2.75) is 52.1 Å². The average molecular weight is 543 g/mol. The van der Waals surface area contributed by atoms with Crippen molar-refractivity contribution in [3.8, 4) is 0 Å². The van der Waals surface area contributed by atoms with Gasteiger partial charge in [0.05, 0.1) is 17.1 Å². The van der Waals surface area contributed by atoms with Gasteiger partial charge in [0.25, 0.3) is 5.91 Å². The molecular formula is C31H34N4O3S. The molecule has 0 saturated heterocycles. The van der Waals surface area contributed by atoms with Crippen LogP contribution in [0.1, 0.15) is 49.6 Å². The van der Waals surface area contributed by atoms with Gasteiger partial charge in [0.15, 0.2) is 0 Å². The fourth-order valence-corrected chi connectivity index (χ4v) is 7.39. The van der Waals surface area contributed by atoms with E-state index in [2.05, 4.69) is 0 Å². The Morgan fingerprint density at radius 1 is 0.923 bits per heavy atom. The first kappa shape index (κ1) is 26.8. The highest BCUT2D eigenvalue weighted by Gasteiger charge is 2.34. The summed E-state index contributed by atoms with van der Waals surface area (Å²) >= 11 is 0. The Labute approximate surface area is 230 Å². The number of rotatable bonds is 6. The summed E-state index contributed by atoms with van der Waals surface area (Å²) in [6, 6.07) is 20.9. The third kappa shape index (κ3) is 5.14. The second-order valence-electron chi connectivity index (χ2n) is 10.4. The van der Waals surface area contributed by atoms with E-state index in [0.29, 0.717) is 29.1 Å². The minimum atomic E-state index is -3.72. The number of aryl methyl sites for hydroxylation is 5. The van der Waals surface area contributed by atoms with Gasteiger partial charge in [0.1, 0.15) is 0 Å². The van der Waals surface area contributed by atoms with Crippen molar-refractivity contribution < 1.29 is 13.2 Å². The van der Waals surface area contributed by atoms with Crippen LogP contribution in [0.15, 0.2) is 71.6 Å². The number of benzene rings is 3. The van der Waals surface area contributed by atoms with Crippen LogP contribution < -0.4 is 4.90 Å². The highest BCUT2D eigenvalue weighted by Crippen LogP contribution is 2.32. The number of carbonyl (C=O) groups is 1. The molecular weight excluding hydrogens is 508 g/mol. The Morgan fingerprint density at radius 3 is 2.21 bits per heavy atom. The second kappa shape index (κ2) is 10.4. The molecule has 0 bridgehead atoms. The van der Waals surface area contributed by atoms with Crippen LogP contribution in [-0.2, 0) is 36.6 Å². The Bertz CT molecular complexity index is 1620. The number of carbonyl (C=O) groups excluding carboxylic acids is 1. The van der Waals surface area contributed by atoms with Crippen molar-refractivity contribution in [2.75, 3.05) is 11.4 Å². The van der Waals surface area contributed by atoms with E-state index in [9.17, 15) is 13.2 Å². The second-order valence-corrected chi connectivity index (χ2v) is 12.3. The maximum absolute atomic E-state index is 13.9. The van der Waals surface area contributed by atoms with Gasteiger partial charge >= 0.3 is 0 Å². The molecule has 0 radical (unpaired) electrons. The van der Waals surface area contributed by atoms with E-state index < -0.39 is 10.0 Å². The summed E-state index contributed by atoms with van der Waals surface area (Å²) in [4.78, 5) is 15.8. The molecule has 0 unspecified atom stereocenters.